The summed E-state index contributed by atoms with van der Waals surface area (Å²) in [5.74, 6) is 4.48. The Morgan fingerprint density at radius 1 is 0.839 bits per heavy atom. The van der Waals surface area contributed by atoms with E-state index in [2.05, 4.69) is 49.4 Å². The predicted molar refractivity (Wildman–Crippen MR) is 127 cm³/mol. The van der Waals surface area contributed by atoms with E-state index in [0.717, 1.165) is 55.9 Å². The van der Waals surface area contributed by atoms with Gasteiger partial charge in [0.05, 0.1) is 7.11 Å². The summed E-state index contributed by atoms with van der Waals surface area (Å²) in [7, 11) is 1.68. The van der Waals surface area contributed by atoms with Crippen molar-refractivity contribution in [3.63, 3.8) is 0 Å². The van der Waals surface area contributed by atoms with E-state index < -0.39 is 0 Å². The molecule has 0 spiro atoms. The van der Waals surface area contributed by atoms with Gasteiger partial charge in [-0.15, -0.1) is 0 Å². The Bertz CT molecular complexity index is 970. The van der Waals surface area contributed by atoms with Crippen LogP contribution in [0.15, 0.2) is 60.7 Å². The van der Waals surface area contributed by atoms with E-state index in [1.54, 1.807) is 7.11 Å². The number of rotatable bonds is 6. The highest BCUT2D eigenvalue weighted by molar-refractivity contribution is 5.49. The van der Waals surface area contributed by atoms with Crippen molar-refractivity contribution in [2.75, 3.05) is 54.1 Å². The van der Waals surface area contributed by atoms with Crippen LogP contribution < -0.4 is 25.6 Å². The average molecular weight is 419 g/mol. The molecule has 0 saturated carbocycles. The molecular formula is C24H30N6O. The highest BCUT2D eigenvalue weighted by Crippen LogP contribution is 2.20. The van der Waals surface area contributed by atoms with Gasteiger partial charge in [-0.2, -0.15) is 0 Å². The van der Waals surface area contributed by atoms with E-state index in [-0.39, 0.29) is 0 Å². The Morgan fingerprint density at radius 2 is 1.45 bits per heavy atom. The third-order valence-electron chi connectivity index (χ3n) is 5.48. The Balaban J connectivity index is 0.000000177. The second-order valence-electron chi connectivity index (χ2n) is 7.68. The number of benzene rings is 1. The molecule has 162 valence electrons. The molecule has 0 amide bonds. The summed E-state index contributed by atoms with van der Waals surface area (Å²) >= 11 is 0. The highest BCUT2D eigenvalue weighted by atomic mass is 16.5. The number of nitrogens with two attached hydrogens (primary N) is 1. The zero-order valence-electron chi connectivity index (χ0n) is 18.0. The van der Waals surface area contributed by atoms with Gasteiger partial charge in [-0.1, -0.05) is 24.3 Å². The lowest BCUT2D eigenvalue weighted by atomic mass is 10.2. The number of pyridine rings is 2. The fourth-order valence-corrected chi connectivity index (χ4v) is 3.34. The van der Waals surface area contributed by atoms with Gasteiger partial charge >= 0.3 is 0 Å². The zero-order valence-corrected chi connectivity index (χ0v) is 18.0. The van der Waals surface area contributed by atoms with Crippen LogP contribution in [0.1, 0.15) is 18.4 Å². The molecule has 0 radical (unpaired) electrons. The molecule has 7 nitrogen and oxygen atoms in total. The summed E-state index contributed by atoms with van der Waals surface area (Å²) in [6, 6.07) is 19.9. The number of ether oxygens (including phenoxy) is 1. The number of nitrogens with zero attached hydrogens (tertiary/aromatic N) is 4. The number of hydrogen-bond donors (Lipinski definition) is 2. The summed E-state index contributed by atoms with van der Waals surface area (Å²) in [4.78, 5) is 13.3. The molecule has 3 aromatic rings. The third-order valence-corrected chi connectivity index (χ3v) is 5.48. The number of nitrogens with one attached hydrogen (secondary N) is 1. The minimum atomic E-state index is 0.606. The van der Waals surface area contributed by atoms with Gasteiger partial charge < -0.3 is 25.6 Å². The number of aromatic nitrogens is 2. The maximum Gasteiger partial charge on any atom is 0.130 e. The maximum atomic E-state index is 5.54. The summed E-state index contributed by atoms with van der Waals surface area (Å²) in [5.41, 5.74) is 6.75. The first-order chi connectivity index (χ1) is 15.2. The van der Waals surface area contributed by atoms with Crippen molar-refractivity contribution in [3.8, 4) is 5.75 Å². The molecule has 0 unspecified atom stereocenters. The first kappa shape index (κ1) is 20.8. The lowest BCUT2D eigenvalue weighted by Gasteiger charge is -2.32. The van der Waals surface area contributed by atoms with Gasteiger partial charge in [0.15, 0.2) is 0 Å². The number of anilines is 4. The minimum absolute atomic E-state index is 0.606. The van der Waals surface area contributed by atoms with E-state index in [4.69, 9.17) is 10.5 Å². The fourth-order valence-electron chi connectivity index (χ4n) is 3.34. The molecular weight excluding hydrogens is 388 g/mol. The van der Waals surface area contributed by atoms with Crippen molar-refractivity contribution in [3.05, 3.63) is 66.2 Å². The minimum Gasteiger partial charge on any atom is -0.497 e. The Hall–Kier alpha value is -3.48. The van der Waals surface area contributed by atoms with Crippen LogP contribution in [0.3, 0.4) is 0 Å². The second-order valence-corrected chi connectivity index (χ2v) is 7.68. The molecule has 1 aromatic carbocycles. The highest BCUT2D eigenvalue weighted by Gasteiger charge is 2.16. The zero-order chi connectivity index (χ0) is 21.5. The lowest BCUT2D eigenvalue weighted by Crippen LogP contribution is -2.37. The number of hydrogen-bond acceptors (Lipinski definition) is 7. The third kappa shape index (κ3) is 5.57. The second kappa shape index (κ2) is 10.0. The molecule has 2 aromatic heterocycles. The Morgan fingerprint density at radius 3 is 2.00 bits per heavy atom. The van der Waals surface area contributed by atoms with E-state index in [1.165, 1.54) is 18.4 Å². The maximum absolute atomic E-state index is 5.54. The molecule has 4 heterocycles. The van der Waals surface area contributed by atoms with Crippen molar-refractivity contribution in [1.82, 2.24) is 9.97 Å². The first-order valence-corrected chi connectivity index (χ1v) is 10.8. The van der Waals surface area contributed by atoms with Crippen LogP contribution in [0.5, 0.6) is 5.75 Å². The van der Waals surface area contributed by atoms with Gasteiger partial charge in [0.2, 0.25) is 0 Å². The van der Waals surface area contributed by atoms with Gasteiger partial charge in [-0.05, 0) is 54.8 Å². The van der Waals surface area contributed by atoms with Crippen LogP contribution in [0.4, 0.5) is 23.3 Å². The van der Waals surface area contributed by atoms with Gasteiger partial charge in [-0.25, -0.2) is 9.97 Å². The molecule has 2 aliphatic heterocycles. The van der Waals surface area contributed by atoms with Crippen LogP contribution in [0.25, 0.3) is 0 Å². The van der Waals surface area contributed by atoms with Crippen LogP contribution in [0.2, 0.25) is 0 Å². The molecule has 7 heteroatoms. The van der Waals surface area contributed by atoms with Crippen LogP contribution >= 0.6 is 0 Å². The number of nitrogen functional groups attached to an aromatic ring is 1. The molecule has 0 bridgehead atoms. The van der Waals surface area contributed by atoms with Gasteiger partial charge in [0.25, 0.3) is 0 Å². The fraction of sp³-hybridized carbons (Fsp3) is 0.333. The van der Waals surface area contributed by atoms with Gasteiger partial charge in [0.1, 0.15) is 29.0 Å². The van der Waals surface area contributed by atoms with E-state index in [1.807, 2.05) is 36.4 Å². The summed E-state index contributed by atoms with van der Waals surface area (Å²) in [6.45, 7) is 5.25. The smallest absolute Gasteiger partial charge is 0.130 e. The van der Waals surface area contributed by atoms with Gasteiger partial charge in [0, 0.05) is 32.7 Å². The number of methoxy groups -OCH3 is 1. The molecule has 2 saturated heterocycles. The predicted octanol–water partition coefficient (Wildman–Crippen LogP) is 3.79. The van der Waals surface area contributed by atoms with Crippen LogP contribution in [-0.4, -0.2) is 43.3 Å². The van der Waals surface area contributed by atoms with E-state index in [9.17, 15) is 0 Å². The standard InChI is InChI=1S/C16H19N3O.C8H11N3/c1-20-14-8-6-13(7-9-14)12-17-15-4-2-5-16(18-15)19-10-3-11-19;9-7-3-1-4-8(10-7)11-5-2-6-11/h2,4-9H,3,10-12H2,1H3,(H,17,18);1,3-4H,2,5-6H2,(H2,9,10). The average Bonchev–Trinajstić information content (AvgIpc) is 2.71. The molecule has 31 heavy (non-hydrogen) atoms. The molecule has 3 N–H and O–H groups in total. The van der Waals surface area contributed by atoms with Crippen LogP contribution in [0, 0.1) is 0 Å². The van der Waals surface area contributed by atoms with E-state index >= 15 is 0 Å². The molecule has 2 fully saturated rings. The normalized spacial score (nSPS) is 14.6. The molecule has 0 atom stereocenters. The SMILES string of the molecule is COc1ccc(CNc2cccc(N3CCC3)n2)cc1.Nc1cccc(N2CCC2)n1. The first-order valence-electron chi connectivity index (χ1n) is 10.8. The van der Waals surface area contributed by atoms with Crippen molar-refractivity contribution in [2.24, 2.45) is 0 Å². The van der Waals surface area contributed by atoms with Crippen LogP contribution in [-0.2, 0) is 6.54 Å². The van der Waals surface area contributed by atoms with Crippen molar-refractivity contribution < 1.29 is 4.74 Å². The largest absolute Gasteiger partial charge is 0.497 e. The van der Waals surface area contributed by atoms with Gasteiger partial charge in [-0.3, -0.25) is 0 Å². The van der Waals surface area contributed by atoms with Crippen molar-refractivity contribution in [1.29, 1.82) is 0 Å². The topological polar surface area (TPSA) is 79.5 Å². The van der Waals surface area contributed by atoms with Crippen molar-refractivity contribution in [2.45, 2.75) is 19.4 Å². The lowest BCUT2D eigenvalue weighted by molar-refractivity contribution is 0.414. The molecule has 0 aliphatic carbocycles. The van der Waals surface area contributed by atoms with E-state index in [0.29, 0.717) is 5.82 Å². The Kier molecular flexibility index (Phi) is 6.72. The summed E-state index contributed by atoms with van der Waals surface area (Å²) in [6.07, 6.45) is 2.54. The summed E-state index contributed by atoms with van der Waals surface area (Å²) in [5, 5.41) is 3.36. The molecule has 5 rings (SSSR count). The quantitative estimate of drug-likeness (QED) is 0.630. The Labute approximate surface area is 183 Å². The summed E-state index contributed by atoms with van der Waals surface area (Å²) < 4.78 is 5.15. The monoisotopic (exact) mass is 418 g/mol. The molecule has 2 aliphatic rings. The van der Waals surface area contributed by atoms with Crippen molar-refractivity contribution >= 4 is 23.3 Å².